The predicted octanol–water partition coefficient (Wildman–Crippen LogP) is 2.34. The number of rotatable bonds is 4. The zero-order valence-corrected chi connectivity index (χ0v) is 9.64. The van der Waals surface area contributed by atoms with E-state index < -0.39 is 0 Å². The van der Waals surface area contributed by atoms with Crippen molar-refractivity contribution in [1.82, 2.24) is 4.90 Å². The SMILES string of the molecule is C=C(Br)CN1CCCC1CC(C)=O. The lowest BCUT2D eigenvalue weighted by Gasteiger charge is -2.22. The second kappa shape index (κ2) is 4.91. The molecule has 1 aliphatic rings. The molecule has 0 aromatic heterocycles. The number of Topliss-reactive ketones (excluding diaryl/α,β-unsaturated/α-hetero) is 1. The summed E-state index contributed by atoms with van der Waals surface area (Å²) in [6, 6.07) is 0.451. The van der Waals surface area contributed by atoms with Gasteiger partial charge in [0.25, 0.3) is 0 Å². The van der Waals surface area contributed by atoms with Crippen molar-refractivity contribution in [3.05, 3.63) is 11.1 Å². The molecule has 0 aromatic rings. The van der Waals surface area contributed by atoms with Gasteiger partial charge in [0.2, 0.25) is 0 Å². The molecule has 1 atom stereocenters. The molecule has 0 radical (unpaired) electrons. The Morgan fingerprint density at radius 1 is 1.69 bits per heavy atom. The van der Waals surface area contributed by atoms with Gasteiger partial charge in [0.15, 0.2) is 0 Å². The fourth-order valence-corrected chi connectivity index (χ4v) is 2.21. The van der Waals surface area contributed by atoms with Crippen molar-refractivity contribution in [3.8, 4) is 0 Å². The Balaban J connectivity index is 2.43. The number of nitrogens with zero attached hydrogens (tertiary/aromatic N) is 1. The standard InChI is InChI=1S/C10H16BrNO/c1-8(11)7-12-5-3-4-10(12)6-9(2)13/h10H,1,3-7H2,2H3. The van der Waals surface area contributed by atoms with Crippen molar-refractivity contribution in [1.29, 1.82) is 0 Å². The minimum Gasteiger partial charge on any atom is -0.300 e. The molecule has 0 aliphatic carbocycles. The largest absolute Gasteiger partial charge is 0.300 e. The third kappa shape index (κ3) is 3.61. The number of likely N-dealkylation sites (tertiary alicyclic amines) is 1. The molecule has 0 bridgehead atoms. The van der Waals surface area contributed by atoms with E-state index in [9.17, 15) is 4.79 Å². The van der Waals surface area contributed by atoms with Gasteiger partial charge in [-0.15, -0.1) is 0 Å². The molecule has 2 nitrogen and oxygen atoms in total. The molecule has 13 heavy (non-hydrogen) atoms. The Labute approximate surface area is 88.1 Å². The Bertz CT molecular complexity index is 193. The Morgan fingerprint density at radius 2 is 2.38 bits per heavy atom. The molecule has 0 saturated carbocycles. The molecule has 3 heteroatoms. The third-order valence-electron chi connectivity index (χ3n) is 2.40. The van der Waals surface area contributed by atoms with E-state index in [0.29, 0.717) is 12.5 Å². The van der Waals surface area contributed by atoms with E-state index in [1.54, 1.807) is 6.92 Å². The van der Waals surface area contributed by atoms with Crippen LogP contribution in [0.2, 0.25) is 0 Å². The van der Waals surface area contributed by atoms with Crippen molar-refractivity contribution in [2.24, 2.45) is 0 Å². The molecule has 74 valence electrons. The van der Waals surface area contributed by atoms with Gasteiger partial charge >= 0.3 is 0 Å². The minimum atomic E-state index is 0.289. The monoisotopic (exact) mass is 245 g/mol. The maximum Gasteiger partial charge on any atom is 0.131 e. The zero-order chi connectivity index (χ0) is 9.84. The summed E-state index contributed by atoms with van der Waals surface area (Å²) in [6.07, 6.45) is 3.05. The van der Waals surface area contributed by atoms with E-state index >= 15 is 0 Å². The van der Waals surface area contributed by atoms with E-state index in [0.717, 1.165) is 24.0 Å². The summed E-state index contributed by atoms with van der Waals surface area (Å²) >= 11 is 3.36. The van der Waals surface area contributed by atoms with E-state index in [-0.39, 0.29) is 5.78 Å². The highest BCUT2D eigenvalue weighted by Crippen LogP contribution is 2.22. The molecule has 1 fully saturated rings. The van der Waals surface area contributed by atoms with Crippen LogP contribution in [0, 0.1) is 0 Å². The Kier molecular flexibility index (Phi) is 4.13. The number of carbonyl (C=O) groups is 1. The van der Waals surface area contributed by atoms with Crippen LogP contribution in [0.3, 0.4) is 0 Å². The number of hydrogen-bond donors (Lipinski definition) is 0. The van der Waals surface area contributed by atoms with Crippen molar-refractivity contribution in [2.45, 2.75) is 32.2 Å². The van der Waals surface area contributed by atoms with Crippen LogP contribution in [0.4, 0.5) is 0 Å². The summed E-state index contributed by atoms with van der Waals surface area (Å²) in [5.41, 5.74) is 0. The molecule has 0 amide bonds. The van der Waals surface area contributed by atoms with Crippen molar-refractivity contribution in [3.63, 3.8) is 0 Å². The molecule has 1 saturated heterocycles. The summed E-state index contributed by atoms with van der Waals surface area (Å²) in [7, 11) is 0. The Hall–Kier alpha value is -0.150. The van der Waals surface area contributed by atoms with Gasteiger partial charge in [0.05, 0.1) is 0 Å². The number of ketones is 1. The van der Waals surface area contributed by atoms with Crippen LogP contribution >= 0.6 is 15.9 Å². The number of hydrogen-bond acceptors (Lipinski definition) is 2. The number of halogens is 1. The minimum absolute atomic E-state index is 0.289. The average molecular weight is 246 g/mol. The van der Waals surface area contributed by atoms with Gasteiger partial charge in [-0.2, -0.15) is 0 Å². The highest BCUT2D eigenvalue weighted by atomic mass is 79.9. The highest BCUT2D eigenvalue weighted by molar-refractivity contribution is 9.11. The first-order valence-corrected chi connectivity index (χ1v) is 5.45. The summed E-state index contributed by atoms with van der Waals surface area (Å²) in [5, 5.41) is 0. The second-order valence-electron chi connectivity index (χ2n) is 3.69. The third-order valence-corrected chi connectivity index (χ3v) is 2.65. The maximum atomic E-state index is 11.0. The van der Waals surface area contributed by atoms with E-state index in [4.69, 9.17) is 0 Å². The van der Waals surface area contributed by atoms with Crippen molar-refractivity contribution >= 4 is 21.7 Å². The molecule has 1 rings (SSSR count). The lowest BCUT2D eigenvalue weighted by Crippen LogP contribution is -2.31. The van der Waals surface area contributed by atoms with E-state index in [1.165, 1.54) is 6.42 Å². The molecule has 0 N–H and O–H groups in total. The van der Waals surface area contributed by atoms with Crippen LogP contribution in [0.1, 0.15) is 26.2 Å². The zero-order valence-electron chi connectivity index (χ0n) is 8.05. The average Bonchev–Trinajstić information content (AvgIpc) is 2.34. The Morgan fingerprint density at radius 3 is 2.92 bits per heavy atom. The normalized spacial score (nSPS) is 23.4. The molecule has 0 spiro atoms. The van der Waals surface area contributed by atoms with Crippen LogP contribution in [0.25, 0.3) is 0 Å². The van der Waals surface area contributed by atoms with Gasteiger partial charge in [0, 0.05) is 23.5 Å². The van der Waals surface area contributed by atoms with Crippen LogP contribution < -0.4 is 0 Å². The smallest absolute Gasteiger partial charge is 0.131 e. The molecule has 1 aliphatic heterocycles. The summed E-state index contributed by atoms with van der Waals surface area (Å²) in [4.78, 5) is 13.3. The lowest BCUT2D eigenvalue weighted by molar-refractivity contribution is -0.117. The van der Waals surface area contributed by atoms with Crippen LogP contribution in [0.15, 0.2) is 11.1 Å². The quantitative estimate of drug-likeness (QED) is 0.758. The highest BCUT2D eigenvalue weighted by Gasteiger charge is 2.25. The molecular weight excluding hydrogens is 230 g/mol. The first kappa shape index (κ1) is 10.9. The topological polar surface area (TPSA) is 20.3 Å². The van der Waals surface area contributed by atoms with Crippen LogP contribution in [-0.2, 0) is 4.79 Å². The molecule has 0 aromatic carbocycles. The molecular formula is C10H16BrNO. The summed E-state index contributed by atoms with van der Waals surface area (Å²) in [5.74, 6) is 0.289. The van der Waals surface area contributed by atoms with E-state index in [2.05, 4.69) is 27.4 Å². The van der Waals surface area contributed by atoms with Gasteiger partial charge in [-0.1, -0.05) is 22.5 Å². The van der Waals surface area contributed by atoms with Crippen molar-refractivity contribution < 1.29 is 4.79 Å². The van der Waals surface area contributed by atoms with Crippen LogP contribution in [0.5, 0.6) is 0 Å². The first-order chi connectivity index (χ1) is 6.09. The van der Waals surface area contributed by atoms with Crippen LogP contribution in [-0.4, -0.2) is 29.8 Å². The fourth-order valence-electron chi connectivity index (χ4n) is 1.89. The summed E-state index contributed by atoms with van der Waals surface area (Å²) < 4.78 is 1.00. The van der Waals surface area contributed by atoms with Gasteiger partial charge in [0.1, 0.15) is 5.78 Å². The number of carbonyl (C=O) groups excluding carboxylic acids is 1. The lowest BCUT2D eigenvalue weighted by atomic mass is 10.1. The first-order valence-electron chi connectivity index (χ1n) is 4.66. The summed E-state index contributed by atoms with van der Waals surface area (Å²) in [6.45, 7) is 7.46. The van der Waals surface area contributed by atoms with E-state index in [1.807, 2.05) is 0 Å². The second-order valence-corrected chi connectivity index (χ2v) is 4.81. The maximum absolute atomic E-state index is 11.0. The van der Waals surface area contributed by atoms with Crippen molar-refractivity contribution in [2.75, 3.05) is 13.1 Å². The fraction of sp³-hybridized carbons (Fsp3) is 0.700. The molecule has 1 unspecified atom stereocenters. The molecule has 1 heterocycles. The predicted molar refractivity (Wildman–Crippen MR) is 58.0 cm³/mol. The van der Waals surface area contributed by atoms with Gasteiger partial charge in [-0.3, -0.25) is 9.69 Å². The van der Waals surface area contributed by atoms with Gasteiger partial charge < -0.3 is 0 Å². The van der Waals surface area contributed by atoms with Gasteiger partial charge in [-0.05, 0) is 26.3 Å². The van der Waals surface area contributed by atoms with Gasteiger partial charge in [-0.25, -0.2) is 0 Å².